The number of aryl methyl sites for hydroxylation is 2. The van der Waals surface area contributed by atoms with Gasteiger partial charge in [0.25, 0.3) is 0 Å². The van der Waals surface area contributed by atoms with Crippen molar-refractivity contribution in [1.29, 1.82) is 0 Å². The molecule has 1 N–H and O–H groups in total. The van der Waals surface area contributed by atoms with Crippen LogP contribution in [0.15, 0.2) is 42.5 Å². The van der Waals surface area contributed by atoms with E-state index in [0.717, 1.165) is 24.0 Å². The summed E-state index contributed by atoms with van der Waals surface area (Å²) in [5.41, 5.74) is 4.48. The molecule has 2 aromatic carbocycles. The fourth-order valence-corrected chi connectivity index (χ4v) is 3.21. The van der Waals surface area contributed by atoms with Gasteiger partial charge < -0.3 is 9.84 Å². The molecule has 0 radical (unpaired) electrons. The first-order chi connectivity index (χ1) is 11.7. The maximum absolute atomic E-state index is 11.8. The average molecular weight is 322 g/mol. The zero-order chi connectivity index (χ0) is 16.9. The molecule has 124 valence electrons. The molecule has 0 spiro atoms. The standard InChI is InChI=1S/C21H22O3/c1-2-24-20-10-6-5-9-18(20)14-19(21(22)23)17-12-11-15-7-3-4-8-16(15)13-17/h5-6,9-14H,2-4,7-8H2,1H3,(H,22,23)/b19-14-. The van der Waals surface area contributed by atoms with E-state index in [0.29, 0.717) is 17.9 Å². The molecule has 0 unspecified atom stereocenters. The lowest BCUT2D eigenvalue weighted by molar-refractivity contribution is -0.130. The third kappa shape index (κ3) is 3.51. The molecule has 0 amide bonds. The predicted molar refractivity (Wildman–Crippen MR) is 96.2 cm³/mol. The number of carboxylic acids is 1. The van der Waals surface area contributed by atoms with Crippen LogP contribution in [0.5, 0.6) is 5.75 Å². The Morgan fingerprint density at radius 3 is 2.62 bits per heavy atom. The highest BCUT2D eigenvalue weighted by atomic mass is 16.5. The van der Waals surface area contributed by atoms with E-state index in [1.807, 2.05) is 43.3 Å². The maximum atomic E-state index is 11.8. The summed E-state index contributed by atoms with van der Waals surface area (Å²) in [6, 6.07) is 13.6. The van der Waals surface area contributed by atoms with E-state index in [-0.39, 0.29) is 0 Å². The van der Waals surface area contributed by atoms with Gasteiger partial charge in [0.2, 0.25) is 0 Å². The number of ether oxygens (including phenoxy) is 1. The van der Waals surface area contributed by atoms with E-state index in [2.05, 4.69) is 6.07 Å². The number of benzene rings is 2. The largest absolute Gasteiger partial charge is 0.493 e. The van der Waals surface area contributed by atoms with Crippen LogP contribution in [0.25, 0.3) is 11.6 Å². The van der Waals surface area contributed by atoms with Gasteiger partial charge >= 0.3 is 5.97 Å². The normalized spacial score (nSPS) is 14.1. The quantitative estimate of drug-likeness (QED) is 0.647. The lowest BCUT2D eigenvalue weighted by Gasteiger charge is -2.17. The van der Waals surface area contributed by atoms with Crippen LogP contribution in [0.2, 0.25) is 0 Å². The third-order valence-electron chi connectivity index (χ3n) is 4.41. The summed E-state index contributed by atoms with van der Waals surface area (Å²) in [5.74, 6) is -0.214. The van der Waals surface area contributed by atoms with Crippen molar-refractivity contribution >= 4 is 17.6 Å². The number of rotatable bonds is 5. The first-order valence-electron chi connectivity index (χ1n) is 8.48. The monoisotopic (exact) mass is 322 g/mol. The molecule has 0 atom stereocenters. The molecule has 0 saturated carbocycles. The number of fused-ring (bicyclic) bond motifs is 1. The summed E-state index contributed by atoms with van der Waals surface area (Å²) in [6.45, 7) is 2.47. The fourth-order valence-electron chi connectivity index (χ4n) is 3.21. The lowest BCUT2D eigenvalue weighted by Crippen LogP contribution is -2.05. The smallest absolute Gasteiger partial charge is 0.336 e. The molecule has 0 aromatic heterocycles. The summed E-state index contributed by atoms with van der Waals surface area (Å²) in [7, 11) is 0. The highest BCUT2D eigenvalue weighted by Gasteiger charge is 2.15. The van der Waals surface area contributed by atoms with Gasteiger partial charge in [-0.2, -0.15) is 0 Å². The van der Waals surface area contributed by atoms with Crippen molar-refractivity contribution in [2.75, 3.05) is 6.61 Å². The highest BCUT2D eigenvalue weighted by Crippen LogP contribution is 2.28. The Hall–Kier alpha value is -2.55. The van der Waals surface area contributed by atoms with Gasteiger partial charge in [-0.3, -0.25) is 0 Å². The lowest BCUT2D eigenvalue weighted by atomic mass is 9.88. The van der Waals surface area contributed by atoms with Crippen LogP contribution < -0.4 is 4.74 Å². The molecule has 0 saturated heterocycles. The second-order valence-electron chi connectivity index (χ2n) is 6.02. The molecule has 1 aliphatic carbocycles. The topological polar surface area (TPSA) is 46.5 Å². The maximum Gasteiger partial charge on any atom is 0.336 e. The van der Waals surface area contributed by atoms with Crippen molar-refractivity contribution < 1.29 is 14.6 Å². The third-order valence-corrected chi connectivity index (χ3v) is 4.41. The molecule has 1 aliphatic rings. The van der Waals surface area contributed by atoms with Gasteiger partial charge in [0.1, 0.15) is 5.75 Å². The predicted octanol–water partition coefficient (Wildman–Crippen LogP) is 4.59. The van der Waals surface area contributed by atoms with Crippen LogP contribution in [0.3, 0.4) is 0 Å². The zero-order valence-electron chi connectivity index (χ0n) is 13.9. The second-order valence-corrected chi connectivity index (χ2v) is 6.02. The molecular formula is C21H22O3. The Balaban J connectivity index is 2.03. The van der Waals surface area contributed by atoms with Crippen molar-refractivity contribution in [3.05, 3.63) is 64.7 Å². The van der Waals surface area contributed by atoms with Crippen LogP contribution in [-0.4, -0.2) is 17.7 Å². The summed E-state index contributed by atoms with van der Waals surface area (Å²) >= 11 is 0. The van der Waals surface area contributed by atoms with Crippen LogP contribution in [0.1, 0.15) is 42.0 Å². The van der Waals surface area contributed by atoms with E-state index in [9.17, 15) is 9.90 Å². The molecular weight excluding hydrogens is 300 g/mol. The summed E-state index contributed by atoms with van der Waals surface area (Å²) in [6.07, 6.45) is 6.23. The second kappa shape index (κ2) is 7.35. The van der Waals surface area contributed by atoms with Crippen LogP contribution >= 0.6 is 0 Å². The molecule has 0 bridgehead atoms. The van der Waals surface area contributed by atoms with Gasteiger partial charge in [0, 0.05) is 5.56 Å². The molecule has 0 heterocycles. The number of carboxylic acid groups (broad SMARTS) is 1. The molecule has 3 heteroatoms. The van der Waals surface area contributed by atoms with E-state index in [1.54, 1.807) is 6.08 Å². The summed E-state index contributed by atoms with van der Waals surface area (Å²) in [5, 5.41) is 9.70. The van der Waals surface area contributed by atoms with Crippen molar-refractivity contribution in [3.63, 3.8) is 0 Å². The van der Waals surface area contributed by atoms with E-state index >= 15 is 0 Å². The average Bonchev–Trinajstić information content (AvgIpc) is 2.60. The first-order valence-corrected chi connectivity index (χ1v) is 8.48. The van der Waals surface area contributed by atoms with E-state index < -0.39 is 5.97 Å². The Bertz CT molecular complexity index is 774. The SMILES string of the molecule is CCOc1ccccc1/C=C(\C(=O)O)c1ccc2c(c1)CCCC2. The molecule has 24 heavy (non-hydrogen) atoms. The fraction of sp³-hybridized carbons (Fsp3) is 0.286. The number of carbonyl (C=O) groups is 1. The number of hydrogen-bond donors (Lipinski definition) is 1. The van der Waals surface area contributed by atoms with Gasteiger partial charge in [-0.05, 0) is 61.4 Å². The Morgan fingerprint density at radius 1 is 1.12 bits per heavy atom. The van der Waals surface area contributed by atoms with E-state index in [1.165, 1.54) is 24.0 Å². The van der Waals surface area contributed by atoms with Crippen molar-refractivity contribution in [2.24, 2.45) is 0 Å². The number of aliphatic carboxylic acids is 1. The minimum absolute atomic E-state index is 0.301. The molecule has 3 rings (SSSR count). The van der Waals surface area contributed by atoms with Crippen LogP contribution in [0.4, 0.5) is 0 Å². The van der Waals surface area contributed by atoms with Crippen LogP contribution in [0, 0.1) is 0 Å². The molecule has 3 nitrogen and oxygen atoms in total. The summed E-state index contributed by atoms with van der Waals surface area (Å²) < 4.78 is 5.61. The van der Waals surface area contributed by atoms with Crippen molar-refractivity contribution in [3.8, 4) is 5.75 Å². The Labute approximate surface area is 142 Å². The molecule has 0 aliphatic heterocycles. The summed E-state index contributed by atoms with van der Waals surface area (Å²) in [4.78, 5) is 11.8. The van der Waals surface area contributed by atoms with Gasteiger partial charge in [-0.15, -0.1) is 0 Å². The van der Waals surface area contributed by atoms with Gasteiger partial charge in [0.05, 0.1) is 12.2 Å². The Morgan fingerprint density at radius 2 is 1.88 bits per heavy atom. The number of hydrogen-bond acceptors (Lipinski definition) is 2. The van der Waals surface area contributed by atoms with Gasteiger partial charge in [-0.1, -0.05) is 36.4 Å². The van der Waals surface area contributed by atoms with Gasteiger partial charge in [-0.25, -0.2) is 4.79 Å². The van der Waals surface area contributed by atoms with E-state index in [4.69, 9.17) is 4.74 Å². The Kier molecular flexibility index (Phi) is 4.99. The first kappa shape index (κ1) is 16.3. The minimum Gasteiger partial charge on any atom is -0.493 e. The van der Waals surface area contributed by atoms with Crippen LogP contribution in [-0.2, 0) is 17.6 Å². The highest BCUT2D eigenvalue weighted by molar-refractivity contribution is 6.20. The molecule has 2 aromatic rings. The minimum atomic E-state index is -0.919. The molecule has 0 fully saturated rings. The van der Waals surface area contributed by atoms with Gasteiger partial charge in [0.15, 0.2) is 0 Å². The van der Waals surface area contributed by atoms with Crippen molar-refractivity contribution in [2.45, 2.75) is 32.6 Å². The van der Waals surface area contributed by atoms with Crippen molar-refractivity contribution in [1.82, 2.24) is 0 Å². The number of para-hydroxylation sites is 1. The zero-order valence-corrected chi connectivity index (χ0v) is 13.9.